The summed E-state index contributed by atoms with van der Waals surface area (Å²) in [6.45, 7) is 0. The number of hydrogen-bond donors (Lipinski definition) is 1. The molecule has 0 bridgehead atoms. The zero-order chi connectivity index (χ0) is 22.1. The average Bonchev–Trinajstić information content (AvgIpc) is 2.99. The van der Waals surface area contributed by atoms with Crippen LogP contribution in [0.4, 0.5) is 17.6 Å². The van der Waals surface area contributed by atoms with Crippen molar-refractivity contribution in [2.45, 2.75) is 29.1 Å². The first-order valence-corrected chi connectivity index (χ1v) is 10.7. The van der Waals surface area contributed by atoms with Gasteiger partial charge in [-0.2, -0.15) is 13.2 Å². The largest absolute Gasteiger partial charge is 0.416 e. The van der Waals surface area contributed by atoms with Crippen LogP contribution in [0.25, 0.3) is 5.57 Å². The summed E-state index contributed by atoms with van der Waals surface area (Å²) in [6.07, 6.45) is -4.30. The maximum Gasteiger partial charge on any atom is 0.416 e. The fourth-order valence-electron chi connectivity index (χ4n) is 3.28. The van der Waals surface area contributed by atoms with E-state index < -0.39 is 27.6 Å². The molecule has 1 N–H and O–H groups in total. The Balaban J connectivity index is 1.89. The predicted octanol–water partition coefficient (Wildman–Crippen LogP) is 6.01. The van der Waals surface area contributed by atoms with Gasteiger partial charge < -0.3 is 5.32 Å². The van der Waals surface area contributed by atoms with E-state index in [-0.39, 0.29) is 29.8 Å². The van der Waals surface area contributed by atoms with Gasteiger partial charge >= 0.3 is 6.18 Å². The van der Waals surface area contributed by atoms with Gasteiger partial charge in [-0.05, 0) is 35.2 Å². The van der Waals surface area contributed by atoms with Gasteiger partial charge in [-0.25, -0.2) is 4.39 Å². The highest BCUT2D eigenvalue weighted by Gasteiger charge is 2.37. The van der Waals surface area contributed by atoms with Crippen molar-refractivity contribution in [3.05, 3.63) is 75.6 Å². The van der Waals surface area contributed by atoms with Crippen LogP contribution >= 0.6 is 35.0 Å². The maximum absolute atomic E-state index is 14.8. The van der Waals surface area contributed by atoms with E-state index in [9.17, 15) is 22.4 Å². The fraction of sp³-hybridized carbons (Fsp3) is 0.286. The molecule has 0 amide bonds. The number of nitrogens with one attached hydrogen (secondary N) is 1. The summed E-state index contributed by atoms with van der Waals surface area (Å²) in [5, 5.41) is 2.68. The molecule has 2 aromatic rings. The van der Waals surface area contributed by atoms with E-state index in [4.69, 9.17) is 23.2 Å². The summed E-state index contributed by atoms with van der Waals surface area (Å²) < 4.78 is 54.1. The van der Waals surface area contributed by atoms with Gasteiger partial charge in [0.25, 0.3) is 0 Å². The lowest BCUT2D eigenvalue weighted by Gasteiger charge is -2.13. The number of halogens is 6. The minimum absolute atomic E-state index is 0.0893. The molecule has 0 saturated heterocycles. The van der Waals surface area contributed by atoms with Gasteiger partial charge in [0.05, 0.1) is 21.4 Å². The van der Waals surface area contributed by atoms with Gasteiger partial charge in [0, 0.05) is 13.5 Å². The van der Waals surface area contributed by atoms with E-state index in [0.717, 1.165) is 12.1 Å². The van der Waals surface area contributed by atoms with Crippen molar-refractivity contribution in [3.8, 4) is 0 Å². The normalized spacial score (nSPS) is 17.2. The molecule has 2 nitrogen and oxygen atoms in total. The van der Waals surface area contributed by atoms with Crippen molar-refractivity contribution in [1.29, 1.82) is 0 Å². The van der Waals surface area contributed by atoms with Crippen molar-refractivity contribution in [1.82, 2.24) is 5.32 Å². The number of benzene rings is 2. The van der Waals surface area contributed by atoms with Gasteiger partial charge in [-0.3, -0.25) is 4.79 Å². The highest BCUT2D eigenvalue weighted by molar-refractivity contribution is 8.05. The lowest BCUT2D eigenvalue weighted by molar-refractivity contribution is -0.137. The summed E-state index contributed by atoms with van der Waals surface area (Å²) >= 11 is 12.7. The number of ketones is 1. The Morgan fingerprint density at radius 2 is 1.80 bits per heavy atom. The van der Waals surface area contributed by atoms with Crippen LogP contribution < -0.4 is 5.32 Å². The molecule has 0 aliphatic carbocycles. The predicted molar refractivity (Wildman–Crippen MR) is 113 cm³/mol. The Kier molecular flexibility index (Phi) is 7.05. The molecule has 2 aromatic carbocycles. The Morgan fingerprint density at radius 3 is 2.43 bits per heavy atom. The second-order valence-corrected chi connectivity index (χ2v) is 9.18. The molecular formula is C21H17Cl2F4NOS. The molecule has 3 rings (SSSR count). The second kappa shape index (κ2) is 9.20. The van der Waals surface area contributed by atoms with Gasteiger partial charge in [0.1, 0.15) is 10.7 Å². The first-order chi connectivity index (χ1) is 14.1. The molecule has 9 heteroatoms. The van der Waals surface area contributed by atoms with E-state index in [1.54, 1.807) is 25.2 Å². The van der Waals surface area contributed by atoms with Crippen LogP contribution in [0, 0.1) is 5.82 Å². The molecule has 1 aliphatic heterocycles. The summed E-state index contributed by atoms with van der Waals surface area (Å²) in [5.41, 5.74) is 0.192. The van der Waals surface area contributed by atoms with Crippen LogP contribution in [0.3, 0.4) is 0 Å². The lowest BCUT2D eigenvalue weighted by atomic mass is 9.95. The monoisotopic (exact) mass is 477 g/mol. The maximum atomic E-state index is 14.8. The Morgan fingerprint density at radius 1 is 1.13 bits per heavy atom. The molecule has 1 heterocycles. The highest BCUT2D eigenvalue weighted by atomic mass is 35.5. The smallest absolute Gasteiger partial charge is 0.382 e. The van der Waals surface area contributed by atoms with Crippen LogP contribution in [-0.2, 0) is 23.8 Å². The first kappa shape index (κ1) is 23.0. The van der Waals surface area contributed by atoms with Crippen LogP contribution in [-0.4, -0.2) is 22.9 Å². The molecule has 0 aromatic heterocycles. The number of carbonyl (C=O) groups excluding carboxylic acids is 1. The molecule has 0 radical (unpaired) electrons. The van der Waals surface area contributed by atoms with Gasteiger partial charge in [-0.15, -0.1) is 23.2 Å². The third-order valence-electron chi connectivity index (χ3n) is 4.67. The topological polar surface area (TPSA) is 29.1 Å². The average molecular weight is 478 g/mol. The van der Waals surface area contributed by atoms with Gasteiger partial charge in [0.15, 0.2) is 5.78 Å². The number of alkyl halides is 5. The van der Waals surface area contributed by atoms with Crippen molar-refractivity contribution in [2.75, 3.05) is 7.05 Å². The molecule has 1 unspecified atom stereocenters. The summed E-state index contributed by atoms with van der Waals surface area (Å²) in [6, 6.07) is 9.45. The molecule has 1 aliphatic rings. The number of thioether (sulfide) groups is 1. The van der Waals surface area contributed by atoms with Crippen LogP contribution in [0.15, 0.2) is 47.5 Å². The molecule has 1 atom stereocenters. The number of rotatable bonds is 6. The van der Waals surface area contributed by atoms with E-state index in [1.807, 2.05) is 0 Å². The van der Waals surface area contributed by atoms with E-state index >= 15 is 0 Å². The summed E-state index contributed by atoms with van der Waals surface area (Å²) in [7, 11) is 1.59. The fourth-order valence-corrected chi connectivity index (χ4v) is 4.84. The summed E-state index contributed by atoms with van der Waals surface area (Å²) in [5.74, 6) is -0.822. The first-order valence-electron chi connectivity index (χ1n) is 8.96. The third kappa shape index (κ3) is 4.95. The minimum Gasteiger partial charge on any atom is -0.382 e. The van der Waals surface area contributed by atoms with Crippen molar-refractivity contribution in [3.63, 3.8) is 0 Å². The molecule has 0 saturated carbocycles. The van der Waals surface area contributed by atoms with Crippen molar-refractivity contribution >= 4 is 46.3 Å². The lowest BCUT2D eigenvalue weighted by Crippen LogP contribution is -2.18. The van der Waals surface area contributed by atoms with Crippen molar-refractivity contribution < 1.29 is 22.4 Å². The number of hydrogen-bond acceptors (Lipinski definition) is 3. The third-order valence-corrected chi connectivity index (χ3v) is 6.29. The molecular weight excluding hydrogens is 461 g/mol. The highest BCUT2D eigenvalue weighted by Crippen LogP contribution is 2.41. The minimum atomic E-state index is -4.52. The SMILES string of the molecule is CNC1=C(c2cccc(C(F)(F)F)c2)C(=O)C(Cc2cccc(CC(Cl)Cl)c2F)S1. The molecule has 0 spiro atoms. The Labute approximate surface area is 185 Å². The second-order valence-electron chi connectivity index (χ2n) is 6.69. The Bertz CT molecular complexity index is 991. The number of carbonyl (C=O) groups is 1. The molecule has 0 fully saturated rings. The van der Waals surface area contributed by atoms with Crippen LogP contribution in [0.1, 0.15) is 22.3 Å². The van der Waals surface area contributed by atoms with E-state index in [1.165, 1.54) is 23.9 Å². The number of allylic oxidation sites excluding steroid dienone is 1. The number of Topliss-reactive ketones (excluding diaryl/α,β-unsaturated/α-hetero) is 1. The zero-order valence-corrected chi connectivity index (χ0v) is 18.0. The van der Waals surface area contributed by atoms with Gasteiger partial charge in [-0.1, -0.05) is 42.1 Å². The quantitative estimate of drug-likeness (QED) is 0.408. The summed E-state index contributed by atoms with van der Waals surface area (Å²) in [4.78, 5) is 12.3. The molecule has 160 valence electrons. The van der Waals surface area contributed by atoms with Gasteiger partial charge in [0.2, 0.25) is 0 Å². The zero-order valence-electron chi connectivity index (χ0n) is 15.7. The van der Waals surface area contributed by atoms with Crippen LogP contribution in [0.5, 0.6) is 0 Å². The molecule has 30 heavy (non-hydrogen) atoms. The van der Waals surface area contributed by atoms with E-state index in [0.29, 0.717) is 16.2 Å². The van der Waals surface area contributed by atoms with Crippen molar-refractivity contribution in [2.24, 2.45) is 0 Å². The van der Waals surface area contributed by atoms with E-state index in [2.05, 4.69) is 5.32 Å². The Hall–Kier alpha value is -1.70. The van der Waals surface area contributed by atoms with Crippen LogP contribution in [0.2, 0.25) is 0 Å². The standard InChI is InChI=1S/C21H17Cl2F4NOS/c1-28-20-17(11-4-3-7-14(8-11)21(25,26)27)19(29)15(30-20)9-12-5-2-6-13(18(12)24)10-16(22)23/h2-8,15-16,28H,9-10H2,1H3.